The van der Waals surface area contributed by atoms with E-state index in [1.165, 1.54) is 27.1 Å². The number of thiophene rings is 1. The number of piperazine rings is 1. The van der Waals surface area contributed by atoms with Crippen molar-refractivity contribution in [1.82, 2.24) is 9.97 Å². The van der Waals surface area contributed by atoms with Gasteiger partial charge in [0.05, 0.1) is 5.39 Å². The topological polar surface area (TPSA) is 46.4 Å². The van der Waals surface area contributed by atoms with Gasteiger partial charge < -0.3 is 9.80 Å². The van der Waals surface area contributed by atoms with E-state index in [1.54, 1.807) is 17.7 Å². The largest absolute Gasteiger partial charge is 0.368 e. The Morgan fingerprint density at radius 1 is 0.893 bits per heavy atom. The normalized spacial score (nSPS) is 14.6. The SMILES string of the molecule is Cc1c(-c2ccccc2)sc2ncnc(N3CCN(c4cc[nH+]cc4)CC3)c12. The number of aromatic amines is 1. The maximum absolute atomic E-state index is 4.69. The monoisotopic (exact) mass is 388 g/mol. The first-order chi connectivity index (χ1) is 13.8. The molecule has 4 heterocycles. The van der Waals surface area contributed by atoms with Gasteiger partial charge in [-0.15, -0.1) is 11.3 Å². The Morgan fingerprint density at radius 2 is 1.61 bits per heavy atom. The zero-order chi connectivity index (χ0) is 18.9. The Labute approximate surface area is 168 Å². The Bertz CT molecular complexity index is 1090. The molecule has 1 saturated heterocycles. The van der Waals surface area contributed by atoms with Crippen molar-refractivity contribution in [3.63, 3.8) is 0 Å². The predicted octanol–water partition coefficient (Wildman–Crippen LogP) is 3.81. The average Bonchev–Trinajstić information content (AvgIpc) is 3.12. The van der Waals surface area contributed by atoms with Crippen LogP contribution in [0.2, 0.25) is 0 Å². The summed E-state index contributed by atoms with van der Waals surface area (Å²) in [5.74, 6) is 1.07. The van der Waals surface area contributed by atoms with Crippen molar-refractivity contribution in [1.29, 1.82) is 0 Å². The predicted molar refractivity (Wildman–Crippen MR) is 115 cm³/mol. The molecule has 0 unspecified atom stereocenters. The van der Waals surface area contributed by atoms with Crippen LogP contribution < -0.4 is 14.8 Å². The van der Waals surface area contributed by atoms with E-state index in [-0.39, 0.29) is 0 Å². The van der Waals surface area contributed by atoms with E-state index in [9.17, 15) is 0 Å². The zero-order valence-corrected chi connectivity index (χ0v) is 16.6. The van der Waals surface area contributed by atoms with Crippen molar-refractivity contribution in [2.75, 3.05) is 36.0 Å². The molecule has 5 rings (SSSR count). The molecule has 1 aliphatic heterocycles. The molecule has 6 heteroatoms. The van der Waals surface area contributed by atoms with Crippen LogP contribution >= 0.6 is 11.3 Å². The van der Waals surface area contributed by atoms with Gasteiger partial charge in [-0.1, -0.05) is 30.3 Å². The van der Waals surface area contributed by atoms with E-state index in [4.69, 9.17) is 4.98 Å². The second-order valence-corrected chi connectivity index (χ2v) is 8.03. The van der Waals surface area contributed by atoms with E-state index < -0.39 is 0 Å². The van der Waals surface area contributed by atoms with Gasteiger partial charge in [-0.3, -0.25) is 0 Å². The number of anilines is 2. The third-order valence-corrected chi connectivity index (χ3v) is 6.64. The lowest BCUT2D eigenvalue weighted by Crippen LogP contribution is -2.47. The summed E-state index contributed by atoms with van der Waals surface area (Å²) in [7, 11) is 0. The number of fused-ring (bicyclic) bond motifs is 1. The van der Waals surface area contributed by atoms with Gasteiger partial charge in [0.1, 0.15) is 17.0 Å². The Morgan fingerprint density at radius 3 is 2.36 bits per heavy atom. The van der Waals surface area contributed by atoms with E-state index in [2.05, 4.69) is 69.2 Å². The van der Waals surface area contributed by atoms with Gasteiger partial charge >= 0.3 is 0 Å². The Kier molecular flexibility index (Phi) is 4.41. The summed E-state index contributed by atoms with van der Waals surface area (Å²) in [5, 5.41) is 1.20. The van der Waals surface area contributed by atoms with Crippen molar-refractivity contribution < 1.29 is 4.98 Å². The van der Waals surface area contributed by atoms with Gasteiger partial charge in [-0.2, -0.15) is 0 Å². The minimum Gasteiger partial charge on any atom is -0.368 e. The number of nitrogens with one attached hydrogen (secondary N) is 1. The molecule has 3 aromatic heterocycles. The fourth-order valence-corrected chi connectivity index (χ4v) is 5.07. The first-order valence-corrected chi connectivity index (χ1v) is 10.4. The van der Waals surface area contributed by atoms with E-state index in [1.807, 2.05) is 12.4 Å². The maximum atomic E-state index is 4.69. The number of aryl methyl sites for hydroxylation is 1. The molecule has 0 aliphatic carbocycles. The van der Waals surface area contributed by atoms with Crippen LogP contribution in [0, 0.1) is 6.92 Å². The van der Waals surface area contributed by atoms with Crippen molar-refractivity contribution >= 4 is 33.1 Å². The number of hydrogen-bond acceptors (Lipinski definition) is 5. The van der Waals surface area contributed by atoms with Gasteiger partial charge in [0.25, 0.3) is 0 Å². The number of rotatable bonds is 3. The van der Waals surface area contributed by atoms with E-state index >= 15 is 0 Å². The molecule has 0 spiro atoms. The molecule has 1 fully saturated rings. The molecule has 1 aromatic carbocycles. The summed E-state index contributed by atoms with van der Waals surface area (Å²) in [6.07, 6.45) is 5.67. The highest BCUT2D eigenvalue weighted by molar-refractivity contribution is 7.22. The second kappa shape index (κ2) is 7.20. The van der Waals surface area contributed by atoms with E-state index in [0.717, 1.165) is 36.8 Å². The number of nitrogens with zero attached hydrogens (tertiary/aromatic N) is 4. The summed E-state index contributed by atoms with van der Waals surface area (Å²) < 4.78 is 0. The van der Waals surface area contributed by atoms with Gasteiger partial charge in [0, 0.05) is 48.9 Å². The molecule has 140 valence electrons. The number of hydrogen-bond donors (Lipinski definition) is 0. The first-order valence-electron chi connectivity index (χ1n) is 9.57. The summed E-state index contributed by atoms with van der Waals surface area (Å²) in [5.41, 5.74) is 3.80. The first kappa shape index (κ1) is 17.1. The van der Waals surface area contributed by atoms with Crippen LogP contribution in [0.25, 0.3) is 20.7 Å². The van der Waals surface area contributed by atoms with Crippen molar-refractivity contribution in [2.24, 2.45) is 0 Å². The lowest BCUT2D eigenvalue weighted by Gasteiger charge is -2.36. The van der Waals surface area contributed by atoms with Crippen molar-refractivity contribution in [2.45, 2.75) is 6.92 Å². The molecule has 0 amide bonds. The van der Waals surface area contributed by atoms with Crippen LogP contribution in [0.4, 0.5) is 11.5 Å². The fourth-order valence-electron chi connectivity index (χ4n) is 3.92. The van der Waals surface area contributed by atoms with Crippen LogP contribution in [0.1, 0.15) is 5.56 Å². The quantitative estimate of drug-likeness (QED) is 0.535. The van der Waals surface area contributed by atoms with E-state index in [0.29, 0.717) is 0 Å². The van der Waals surface area contributed by atoms with Crippen LogP contribution in [0.5, 0.6) is 0 Å². The van der Waals surface area contributed by atoms with Crippen LogP contribution in [0.3, 0.4) is 0 Å². The van der Waals surface area contributed by atoms with Crippen molar-refractivity contribution in [3.05, 3.63) is 66.7 Å². The molecule has 4 aromatic rings. The standard InChI is InChI=1S/C22H21N5S/c1-16-19-21(27-13-11-26(12-14-27)18-7-9-23-10-8-18)24-15-25-22(19)28-20(16)17-5-3-2-4-6-17/h2-10,15H,11-14H2,1H3/p+1. The average molecular weight is 389 g/mol. The van der Waals surface area contributed by atoms with Gasteiger partial charge in [-0.05, 0) is 18.1 Å². The van der Waals surface area contributed by atoms with Gasteiger partial charge in [0.2, 0.25) is 0 Å². The molecule has 1 aliphatic rings. The minimum atomic E-state index is 0.959. The third-order valence-electron chi connectivity index (χ3n) is 5.39. The molecule has 0 bridgehead atoms. The maximum Gasteiger partial charge on any atom is 0.169 e. The lowest BCUT2D eigenvalue weighted by molar-refractivity contribution is -0.377. The van der Waals surface area contributed by atoms with Gasteiger partial charge in [0.15, 0.2) is 12.4 Å². The van der Waals surface area contributed by atoms with Crippen LogP contribution in [-0.4, -0.2) is 36.1 Å². The number of aromatic nitrogens is 3. The molecule has 0 saturated carbocycles. The number of H-pyrrole nitrogens is 1. The number of benzene rings is 1. The van der Waals surface area contributed by atoms with Crippen molar-refractivity contribution in [3.8, 4) is 10.4 Å². The Balaban J connectivity index is 1.46. The molecule has 5 nitrogen and oxygen atoms in total. The summed E-state index contributed by atoms with van der Waals surface area (Å²) in [6, 6.07) is 14.8. The smallest absolute Gasteiger partial charge is 0.169 e. The zero-order valence-electron chi connectivity index (χ0n) is 15.8. The minimum absolute atomic E-state index is 0.959. The Hall–Kier alpha value is -2.99. The van der Waals surface area contributed by atoms with Crippen LogP contribution in [-0.2, 0) is 0 Å². The highest BCUT2D eigenvalue weighted by Gasteiger charge is 2.23. The summed E-state index contributed by atoms with van der Waals surface area (Å²) >= 11 is 1.76. The molecule has 1 N–H and O–H groups in total. The fraction of sp³-hybridized carbons (Fsp3) is 0.227. The third kappa shape index (κ3) is 2.99. The summed E-state index contributed by atoms with van der Waals surface area (Å²) in [6.45, 7) is 6.10. The highest BCUT2D eigenvalue weighted by Crippen LogP contribution is 2.40. The molecular weight excluding hydrogens is 366 g/mol. The molecule has 28 heavy (non-hydrogen) atoms. The lowest BCUT2D eigenvalue weighted by atomic mass is 10.1. The highest BCUT2D eigenvalue weighted by atomic mass is 32.1. The number of pyridine rings is 1. The van der Waals surface area contributed by atoms with Crippen LogP contribution in [0.15, 0.2) is 61.2 Å². The molecule has 0 atom stereocenters. The summed E-state index contributed by atoms with van der Waals surface area (Å²) in [4.78, 5) is 19.6. The molecule has 0 radical (unpaired) electrons. The van der Waals surface area contributed by atoms with Gasteiger partial charge in [-0.25, -0.2) is 15.0 Å². The second-order valence-electron chi connectivity index (χ2n) is 7.03. The molecular formula is C22H22N5S+.